The smallest absolute Gasteiger partial charge is 0.120 e. The van der Waals surface area contributed by atoms with Gasteiger partial charge in [-0.2, -0.15) is 5.26 Å². The van der Waals surface area contributed by atoms with Crippen LogP contribution in [-0.2, 0) is 0 Å². The first kappa shape index (κ1) is 10.6. The number of nitrogens with one attached hydrogen (secondary N) is 1. The molecule has 0 bridgehead atoms. The van der Waals surface area contributed by atoms with Crippen molar-refractivity contribution in [1.29, 1.82) is 5.26 Å². The van der Waals surface area contributed by atoms with Gasteiger partial charge in [0.2, 0.25) is 0 Å². The van der Waals surface area contributed by atoms with E-state index in [1.807, 2.05) is 19.1 Å². The summed E-state index contributed by atoms with van der Waals surface area (Å²) in [6, 6.07) is 9.36. The number of nitrogens with zero attached hydrogens (tertiary/aromatic N) is 1. The molecule has 3 nitrogen and oxygen atoms in total. The van der Waals surface area contributed by atoms with E-state index in [-0.39, 0.29) is 6.04 Å². The highest BCUT2D eigenvalue weighted by molar-refractivity contribution is 5.34. The van der Waals surface area contributed by atoms with Gasteiger partial charge in [-0.15, -0.1) is 0 Å². The monoisotopic (exact) mass is 190 g/mol. The fraction of sp³-hybridized carbons (Fsp3) is 0.364. The van der Waals surface area contributed by atoms with Crippen molar-refractivity contribution in [1.82, 2.24) is 5.32 Å². The molecule has 0 aromatic heterocycles. The van der Waals surface area contributed by atoms with Crippen molar-refractivity contribution in [3.63, 3.8) is 0 Å². The van der Waals surface area contributed by atoms with Crippen LogP contribution in [0.1, 0.15) is 24.9 Å². The predicted molar refractivity (Wildman–Crippen MR) is 54.8 cm³/mol. The van der Waals surface area contributed by atoms with Gasteiger partial charge in [-0.25, -0.2) is 0 Å². The molecule has 2 N–H and O–H groups in total. The molecule has 74 valence electrons. The van der Waals surface area contributed by atoms with Crippen molar-refractivity contribution >= 4 is 0 Å². The number of benzene rings is 1. The van der Waals surface area contributed by atoms with E-state index in [1.165, 1.54) is 0 Å². The highest BCUT2D eigenvalue weighted by Crippen LogP contribution is 2.22. The van der Waals surface area contributed by atoms with E-state index in [9.17, 15) is 5.11 Å². The average molecular weight is 190 g/mol. The first-order valence-corrected chi connectivity index (χ1v) is 4.64. The summed E-state index contributed by atoms with van der Waals surface area (Å²) in [6.45, 7) is 2.61. The van der Waals surface area contributed by atoms with E-state index < -0.39 is 0 Å². The maximum absolute atomic E-state index is 9.53. The summed E-state index contributed by atoms with van der Waals surface area (Å²) in [7, 11) is 0. The lowest BCUT2D eigenvalue weighted by atomic mass is 10.1. The number of aromatic hydroxyl groups is 1. The summed E-state index contributed by atoms with van der Waals surface area (Å²) >= 11 is 0. The van der Waals surface area contributed by atoms with Crippen LogP contribution in [0.3, 0.4) is 0 Å². The zero-order valence-corrected chi connectivity index (χ0v) is 8.20. The Morgan fingerprint density at radius 3 is 2.86 bits per heavy atom. The molecule has 0 aliphatic heterocycles. The number of hydrogen-bond acceptors (Lipinski definition) is 3. The molecule has 1 aromatic rings. The van der Waals surface area contributed by atoms with Crippen LogP contribution in [0.5, 0.6) is 5.75 Å². The van der Waals surface area contributed by atoms with Gasteiger partial charge in [-0.3, -0.25) is 0 Å². The van der Waals surface area contributed by atoms with Crippen molar-refractivity contribution in [2.45, 2.75) is 19.4 Å². The van der Waals surface area contributed by atoms with Gasteiger partial charge in [-0.1, -0.05) is 18.2 Å². The molecule has 0 heterocycles. The number of para-hydroxylation sites is 1. The Morgan fingerprint density at radius 1 is 1.50 bits per heavy atom. The summed E-state index contributed by atoms with van der Waals surface area (Å²) in [6.07, 6.45) is 0.484. The van der Waals surface area contributed by atoms with Gasteiger partial charge in [0, 0.05) is 24.6 Å². The minimum absolute atomic E-state index is 0.0737. The van der Waals surface area contributed by atoms with Gasteiger partial charge in [0.05, 0.1) is 6.07 Å². The van der Waals surface area contributed by atoms with Gasteiger partial charge in [0.15, 0.2) is 0 Å². The molecule has 1 atom stereocenters. The molecule has 0 spiro atoms. The Balaban J connectivity index is 2.57. The largest absolute Gasteiger partial charge is 0.508 e. The molecule has 0 amide bonds. The van der Waals surface area contributed by atoms with Gasteiger partial charge >= 0.3 is 0 Å². The summed E-state index contributed by atoms with van der Waals surface area (Å²) in [4.78, 5) is 0. The minimum atomic E-state index is 0.0737. The Morgan fingerprint density at radius 2 is 2.21 bits per heavy atom. The summed E-state index contributed by atoms with van der Waals surface area (Å²) in [5.74, 6) is 0.296. The summed E-state index contributed by atoms with van der Waals surface area (Å²) in [5.41, 5.74) is 0.866. The maximum Gasteiger partial charge on any atom is 0.120 e. The van der Waals surface area contributed by atoms with E-state index in [4.69, 9.17) is 5.26 Å². The fourth-order valence-corrected chi connectivity index (χ4v) is 1.31. The third-order valence-electron chi connectivity index (χ3n) is 2.09. The molecule has 0 saturated carbocycles. The van der Waals surface area contributed by atoms with Crippen molar-refractivity contribution in [3.8, 4) is 11.8 Å². The molecule has 3 heteroatoms. The van der Waals surface area contributed by atoms with Gasteiger partial charge in [0.25, 0.3) is 0 Å². The molecule has 1 rings (SSSR count). The van der Waals surface area contributed by atoms with Gasteiger partial charge in [-0.05, 0) is 13.0 Å². The fourth-order valence-electron chi connectivity index (χ4n) is 1.31. The van der Waals surface area contributed by atoms with Crippen LogP contribution in [0.25, 0.3) is 0 Å². The second kappa shape index (κ2) is 5.25. The SMILES string of the molecule is CC(NCCC#N)c1ccccc1O. The maximum atomic E-state index is 9.53. The number of hydrogen-bond donors (Lipinski definition) is 2. The molecule has 0 aliphatic carbocycles. The highest BCUT2D eigenvalue weighted by atomic mass is 16.3. The predicted octanol–water partition coefficient (Wildman–Crippen LogP) is 1.96. The molecule has 1 unspecified atom stereocenters. The molecule has 0 radical (unpaired) electrons. The molecule has 0 saturated heterocycles. The topological polar surface area (TPSA) is 56.0 Å². The third-order valence-corrected chi connectivity index (χ3v) is 2.09. The van der Waals surface area contributed by atoms with E-state index in [1.54, 1.807) is 12.1 Å². The van der Waals surface area contributed by atoms with Crippen LogP contribution in [0.15, 0.2) is 24.3 Å². The third kappa shape index (κ3) is 2.75. The first-order chi connectivity index (χ1) is 6.75. The zero-order valence-electron chi connectivity index (χ0n) is 8.20. The normalized spacial score (nSPS) is 12.0. The number of phenolic OH excluding ortho intramolecular Hbond substituents is 1. The van der Waals surface area contributed by atoms with Crippen molar-refractivity contribution in [3.05, 3.63) is 29.8 Å². The van der Waals surface area contributed by atoms with Crippen molar-refractivity contribution < 1.29 is 5.11 Å². The van der Waals surface area contributed by atoms with E-state index in [2.05, 4.69) is 11.4 Å². The van der Waals surface area contributed by atoms with Crippen molar-refractivity contribution in [2.75, 3.05) is 6.54 Å². The molecular weight excluding hydrogens is 176 g/mol. The number of rotatable bonds is 4. The molecule has 14 heavy (non-hydrogen) atoms. The average Bonchev–Trinajstić information content (AvgIpc) is 2.18. The van der Waals surface area contributed by atoms with E-state index in [0.29, 0.717) is 18.7 Å². The molecule has 1 aromatic carbocycles. The van der Waals surface area contributed by atoms with E-state index >= 15 is 0 Å². The zero-order chi connectivity index (χ0) is 10.4. The van der Waals surface area contributed by atoms with Crippen molar-refractivity contribution in [2.24, 2.45) is 0 Å². The first-order valence-electron chi connectivity index (χ1n) is 4.64. The van der Waals surface area contributed by atoms with E-state index in [0.717, 1.165) is 5.56 Å². The molecule has 0 fully saturated rings. The van der Waals surface area contributed by atoms with Gasteiger partial charge < -0.3 is 10.4 Å². The number of nitriles is 1. The summed E-state index contributed by atoms with van der Waals surface area (Å²) in [5, 5.41) is 21.1. The lowest BCUT2D eigenvalue weighted by molar-refractivity contribution is 0.453. The van der Waals surface area contributed by atoms with Crippen LogP contribution in [0, 0.1) is 11.3 Å². The molecule has 0 aliphatic rings. The van der Waals surface area contributed by atoms with Crippen LogP contribution in [-0.4, -0.2) is 11.7 Å². The molecular formula is C11H14N2O. The Kier molecular flexibility index (Phi) is 3.96. The van der Waals surface area contributed by atoms with Gasteiger partial charge in [0.1, 0.15) is 5.75 Å². The van der Waals surface area contributed by atoms with Crippen LogP contribution < -0.4 is 5.32 Å². The second-order valence-electron chi connectivity index (χ2n) is 3.14. The Labute approximate surface area is 84.0 Å². The van der Waals surface area contributed by atoms with Crippen LogP contribution >= 0.6 is 0 Å². The standard InChI is InChI=1S/C11H14N2O/c1-9(13-8-4-7-12)10-5-2-3-6-11(10)14/h2-3,5-6,9,13-14H,4,8H2,1H3. The van der Waals surface area contributed by atoms with Crippen LogP contribution in [0.2, 0.25) is 0 Å². The highest BCUT2D eigenvalue weighted by Gasteiger charge is 2.07. The Bertz CT molecular complexity index is 330. The minimum Gasteiger partial charge on any atom is -0.508 e. The number of phenols is 1. The second-order valence-corrected chi connectivity index (χ2v) is 3.14. The Hall–Kier alpha value is -1.53. The lowest BCUT2D eigenvalue weighted by Crippen LogP contribution is -2.19. The quantitative estimate of drug-likeness (QED) is 0.713. The lowest BCUT2D eigenvalue weighted by Gasteiger charge is -2.14. The van der Waals surface area contributed by atoms with Crippen LogP contribution in [0.4, 0.5) is 0 Å². The summed E-state index contributed by atoms with van der Waals surface area (Å²) < 4.78 is 0.